The van der Waals surface area contributed by atoms with Gasteiger partial charge in [-0.05, 0) is 48.5 Å². The normalized spacial score (nSPS) is 12.1. The van der Waals surface area contributed by atoms with E-state index in [0.29, 0.717) is 11.1 Å². The Morgan fingerprint density at radius 1 is 0.464 bits per heavy atom. The molecule has 0 unspecified atom stereocenters. The molecule has 442 valence electrons. The third-order valence-corrected chi connectivity index (χ3v) is 25.2. The summed E-state index contributed by atoms with van der Waals surface area (Å²) in [5, 5.41) is 31.6. The van der Waals surface area contributed by atoms with Crippen LogP contribution in [0.5, 0.6) is 11.5 Å². The molecular weight excluding hydrogens is 1090 g/mol. The summed E-state index contributed by atoms with van der Waals surface area (Å²) >= 11 is 0. The second kappa shape index (κ2) is 29.7. The van der Waals surface area contributed by atoms with Gasteiger partial charge in [-0.3, -0.25) is 29.0 Å². The molecule has 0 spiro atoms. The number of carbonyl (C=O) groups is 4. The van der Waals surface area contributed by atoms with Crippen LogP contribution in [0, 0.1) is 0 Å². The largest absolute Gasteiger partial charge is 0.508 e. The Hall–Kier alpha value is -7.71. The number of phenols is 2. The molecule has 0 saturated heterocycles. The second-order valence-electron chi connectivity index (χ2n) is 23.4. The molecular formula is C68H83N5O9Si2. The Morgan fingerprint density at radius 3 is 1.14 bits per heavy atom. The third-order valence-electron chi connectivity index (χ3n) is 15.3. The van der Waals surface area contributed by atoms with Crippen molar-refractivity contribution in [2.45, 2.75) is 103 Å². The van der Waals surface area contributed by atoms with Crippen LogP contribution in [-0.4, -0.2) is 117 Å². The van der Waals surface area contributed by atoms with Crippen molar-refractivity contribution in [3.8, 4) is 11.5 Å². The van der Waals surface area contributed by atoms with Crippen LogP contribution in [0.15, 0.2) is 200 Å². The van der Waals surface area contributed by atoms with Gasteiger partial charge < -0.3 is 29.3 Å². The monoisotopic (exact) mass is 1170 g/mol. The minimum Gasteiger partial charge on any atom is -0.508 e. The van der Waals surface area contributed by atoms with Gasteiger partial charge in [0.25, 0.3) is 16.6 Å². The lowest BCUT2D eigenvalue weighted by Gasteiger charge is -2.44. The molecule has 7 rings (SSSR count). The molecule has 0 bridgehead atoms. The Morgan fingerprint density at radius 2 is 0.798 bits per heavy atom. The van der Waals surface area contributed by atoms with Crippen LogP contribution in [-0.2, 0) is 52.7 Å². The summed E-state index contributed by atoms with van der Waals surface area (Å²) < 4.78 is 19.7. The molecule has 7 aromatic carbocycles. The first kappa shape index (κ1) is 63.9. The van der Waals surface area contributed by atoms with Gasteiger partial charge in [0.1, 0.15) is 18.1 Å². The quantitative estimate of drug-likeness (QED) is 0.0244. The fourth-order valence-electron chi connectivity index (χ4n) is 10.9. The Kier molecular flexibility index (Phi) is 22.6. The molecule has 0 heterocycles. The molecule has 0 aliphatic heterocycles. The first-order chi connectivity index (χ1) is 40.2. The van der Waals surface area contributed by atoms with Crippen molar-refractivity contribution in [3.63, 3.8) is 0 Å². The zero-order chi connectivity index (χ0) is 60.3. The van der Waals surface area contributed by atoms with Crippen molar-refractivity contribution in [2.24, 2.45) is 0 Å². The lowest BCUT2D eigenvalue weighted by Crippen LogP contribution is -2.68. The smallest absolute Gasteiger partial charge is 0.306 e. The van der Waals surface area contributed by atoms with E-state index >= 15 is 0 Å². The third kappa shape index (κ3) is 16.8. The van der Waals surface area contributed by atoms with Crippen molar-refractivity contribution in [1.29, 1.82) is 0 Å². The number of benzene rings is 7. The molecule has 0 atom stereocenters. The second-order valence-corrected chi connectivity index (χ2v) is 31.8. The van der Waals surface area contributed by atoms with E-state index in [1.54, 1.807) is 38.4 Å². The summed E-state index contributed by atoms with van der Waals surface area (Å²) in [7, 11) is -3.05. The summed E-state index contributed by atoms with van der Waals surface area (Å²) in [5.74, 6) is -1.35. The van der Waals surface area contributed by atoms with Gasteiger partial charge in [-0.1, -0.05) is 230 Å². The number of hydrogen-bond acceptors (Lipinski definition) is 11. The van der Waals surface area contributed by atoms with Crippen LogP contribution in [0.2, 0.25) is 10.1 Å². The lowest BCUT2D eigenvalue weighted by atomic mass is 10.1. The first-order valence-corrected chi connectivity index (χ1v) is 32.6. The molecule has 0 aromatic heterocycles. The van der Waals surface area contributed by atoms with E-state index in [1.807, 2.05) is 137 Å². The fraction of sp³-hybridized carbons (Fsp3) is 0.324. The van der Waals surface area contributed by atoms with E-state index in [2.05, 4.69) is 95.4 Å². The molecule has 14 nitrogen and oxygen atoms in total. The van der Waals surface area contributed by atoms with Crippen LogP contribution in [0.1, 0.15) is 83.9 Å². The highest BCUT2D eigenvalue weighted by molar-refractivity contribution is 7.00. The Bertz CT molecular complexity index is 2950. The molecule has 0 fully saturated rings. The molecule has 84 heavy (non-hydrogen) atoms. The van der Waals surface area contributed by atoms with Crippen LogP contribution in [0.3, 0.4) is 0 Å². The number of phenolic OH excluding ortho intramolecular Hbond substituents is 2. The van der Waals surface area contributed by atoms with Crippen molar-refractivity contribution < 1.29 is 43.2 Å². The average molecular weight is 1170 g/mol. The zero-order valence-corrected chi connectivity index (χ0v) is 51.9. The Balaban J connectivity index is 1.18. The van der Waals surface area contributed by atoms with Gasteiger partial charge in [0.2, 0.25) is 17.7 Å². The number of hydroxylamine groups is 4. The molecule has 0 saturated carbocycles. The van der Waals surface area contributed by atoms with Crippen LogP contribution in [0.4, 0.5) is 0 Å². The number of para-hydroxylation sites is 2. The highest BCUT2D eigenvalue weighted by Gasteiger charge is 2.54. The predicted molar refractivity (Wildman–Crippen MR) is 336 cm³/mol. The molecule has 7 aromatic rings. The van der Waals surface area contributed by atoms with E-state index in [0.717, 1.165) is 26.3 Å². The van der Waals surface area contributed by atoms with Crippen molar-refractivity contribution >= 4 is 61.1 Å². The number of nitrogens with zero attached hydrogens (tertiary/aromatic N) is 4. The standard InChI is InChI=1S/C68H83N5O9Si2/c1-67(2,3)83(57-32-16-10-17-33-57,58-34-18-11-19-35-58)81-70(7)64(77)44-46-72(48-54-30-24-26-40-61(54)74)50-56(69-63(76)42-43-66(79)80-52-53-28-14-9-15-29-53)51-73(49-55-31-25-27-41-62(55)75)47-45-65(78)71(8)82-84(68(4,5)6,59-36-20-12-21-37-59)60-38-22-13-23-39-60/h9-41,56,74-75H,42-52H2,1-8H3,(H,69,76). The Labute approximate surface area is 498 Å². The number of hydrogen-bond donors (Lipinski definition) is 3. The molecule has 0 aliphatic rings. The maximum Gasteiger partial charge on any atom is 0.306 e. The number of nitrogens with one attached hydrogen (secondary N) is 1. The van der Waals surface area contributed by atoms with E-state index in [-0.39, 0.29) is 94.9 Å². The summed E-state index contributed by atoms with van der Waals surface area (Å²) in [4.78, 5) is 60.7. The minimum absolute atomic E-state index is 0.00396. The fourth-order valence-corrected chi connectivity index (χ4v) is 19.7. The van der Waals surface area contributed by atoms with Gasteiger partial charge in [0, 0.05) is 83.8 Å². The summed E-state index contributed by atoms with van der Waals surface area (Å²) in [6.45, 7) is 14.0. The number of ether oxygens (including phenoxy) is 1. The summed E-state index contributed by atoms with van der Waals surface area (Å²) in [5.41, 5.74) is 2.03. The molecule has 16 heteroatoms. The number of rotatable bonds is 28. The van der Waals surface area contributed by atoms with E-state index < -0.39 is 44.6 Å². The highest BCUT2D eigenvalue weighted by atomic mass is 28.4. The van der Waals surface area contributed by atoms with Gasteiger partial charge in [0.15, 0.2) is 0 Å². The van der Waals surface area contributed by atoms with Gasteiger partial charge in [0.05, 0.1) is 12.5 Å². The number of esters is 1. The average Bonchev–Trinajstić information content (AvgIpc) is 1.99. The molecule has 3 amide bonds. The summed E-state index contributed by atoms with van der Waals surface area (Å²) in [6, 6.07) is 63.0. The first-order valence-electron chi connectivity index (χ1n) is 28.8. The maximum absolute atomic E-state index is 14.7. The summed E-state index contributed by atoms with van der Waals surface area (Å²) in [6.07, 6.45) is -0.338. The zero-order valence-electron chi connectivity index (χ0n) is 49.9. The van der Waals surface area contributed by atoms with Crippen LogP contribution < -0.4 is 26.1 Å². The molecule has 3 N–H and O–H groups in total. The number of amides is 3. The molecule has 0 aliphatic carbocycles. The number of carbonyl (C=O) groups excluding carboxylic acids is 4. The van der Waals surface area contributed by atoms with Crippen molar-refractivity contribution in [2.75, 3.05) is 40.3 Å². The highest BCUT2D eigenvalue weighted by Crippen LogP contribution is 2.39. The minimum atomic E-state index is -3.19. The van der Waals surface area contributed by atoms with Crippen molar-refractivity contribution in [1.82, 2.24) is 25.2 Å². The SMILES string of the molecule is CN(O[Si](c1ccccc1)(c1ccccc1)C(C)(C)C)C(=O)CCN(Cc1ccccc1O)CC(CN(CCC(=O)N(C)O[Si](c1ccccc1)(c1ccccc1)C(C)(C)C)Cc1ccccc1O)NC(=O)CCC(=O)OCc1ccccc1. The predicted octanol–water partition coefficient (Wildman–Crippen LogP) is 9.09. The van der Waals surface area contributed by atoms with E-state index in [9.17, 15) is 29.4 Å². The molecule has 0 radical (unpaired) electrons. The van der Waals surface area contributed by atoms with Gasteiger partial charge >= 0.3 is 5.97 Å². The van der Waals surface area contributed by atoms with Gasteiger partial charge in [-0.15, -0.1) is 0 Å². The van der Waals surface area contributed by atoms with Crippen LogP contribution >= 0.6 is 0 Å². The van der Waals surface area contributed by atoms with Crippen molar-refractivity contribution in [3.05, 3.63) is 217 Å². The number of aromatic hydroxyl groups is 2. The van der Waals surface area contributed by atoms with Gasteiger partial charge in [-0.25, -0.2) is 10.1 Å². The van der Waals surface area contributed by atoms with E-state index in [4.69, 9.17) is 13.8 Å². The van der Waals surface area contributed by atoms with E-state index in [1.165, 1.54) is 10.1 Å². The topological polar surface area (TPSA) is 161 Å². The van der Waals surface area contributed by atoms with Gasteiger partial charge in [-0.2, -0.15) is 0 Å². The lowest BCUT2D eigenvalue weighted by molar-refractivity contribution is -0.155. The maximum atomic E-state index is 14.7. The van der Waals surface area contributed by atoms with Crippen LogP contribution in [0.25, 0.3) is 0 Å².